The number of aliphatic carboxylic acids is 1. The first kappa shape index (κ1) is 13.8. The predicted octanol–water partition coefficient (Wildman–Crippen LogP) is 1.22. The maximum atomic E-state index is 11.0. The molecule has 110 valence electrons. The number of hydrogen-bond donors (Lipinski definition) is 1. The molecule has 0 saturated carbocycles. The van der Waals surface area contributed by atoms with Crippen LogP contribution in [0.4, 0.5) is 5.82 Å². The minimum Gasteiger partial charge on any atom is -0.480 e. The molecular formula is C15H18N4O2. The first-order chi connectivity index (χ1) is 10.1. The topological polar surface area (TPSA) is 69.6 Å². The minimum absolute atomic E-state index is 0.435. The summed E-state index contributed by atoms with van der Waals surface area (Å²) in [6, 6.07) is 7.36. The second-order valence-electron chi connectivity index (χ2n) is 5.25. The number of aromatic nitrogens is 2. The van der Waals surface area contributed by atoms with Gasteiger partial charge in [0.2, 0.25) is 0 Å². The van der Waals surface area contributed by atoms with Gasteiger partial charge in [-0.1, -0.05) is 12.1 Å². The second-order valence-corrected chi connectivity index (χ2v) is 5.25. The standard InChI is InChI=1S/C15H18N4O2/c1-11(15(20)21)18-6-8-19(9-7-18)14-10-16-12-4-2-3-5-13(12)17-14/h2-5,10-11H,6-9H2,1H3,(H,20,21). The average molecular weight is 286 g/mol. The Morgan fingerprint density at radius 2 is 1.86 bits per heavy atom. The molecule has 6 nitrogen and oxygen atoms in total. The molecular weight excluding hydrogens is 268 g/mol. The highest BCUT2D eigenvalue weighted by molar-refractivity contribution is 5.75. The van der Waals surface area contributed by atoms with Crippen molar-refractivity contribution in [1.29, 1.82) is 0 Å². The van der Waals surface area contributed by atoms with Crippen molar-refractivity contribution >= 4 is 22.8 Å². The summed E-state index contributed by atoms with van der Waals surface area (Å²) in [7, 11) is 0. The van der Waals surface area contributed by atoms with Crippen molar-refractivity contribution in [1.82, 2.24) is 14.9 Å². The van der Waals surface area contributed by atoms with Crippen molar-refractivity contribution in [3.05, 3.63) is 30.5 Å². The molecule has 0 spiro atoms. The highest BCUT2D eigenvalue weighted by Gasteiger charge is 2.25. The normalized spacial score (nSPS) is 17.9. The largest absolute Gasteiger partial charge is 0.480 e. The van der Waals surface area contributed by atoms with E-state index in [0.717, 1.165) is 43.0 Å². The zero-order valence-corrected chi connectivity index (χ0v) is 11.9. The number of hydrogen-bond acceptors (Lipinski definition) is 5. The molecule has 3 rings (SSSR count). The fourth-order valence-corrected chi connectivity index (χ4v) is 2.59. The van der Waals surface area contributed by atoms with Gasteiger partial charge in [-0.05, 0) is 19.1 Å². The van der Waals surface area contributed by atoms with Gasteiger partial charge in [-0.25, -0.2) is 4.98 Å². The van der Waals surface area contributed by atoms with E-state index in [1.807, 2.05) is 29.2 Å². The Morgan fingerprint density at radius 1 is 1.19 bits per heavy atom. The molecule has 1 aromatic carbocycles. The summed E-state index contributed by atoms with van der Waals surface area (Å²) in [6.45, 7) is 4.72. The molecule has 0 aliphatic carbocycles. The van der Waals surface area contributed by atoms with Gasteiger partial charge in [0.25, 0.3) is 0 Å². The van der Waals surface area contributed by atoms with Crippen molar-refractivity contribution in [2.24, 2.45) is 0 Å². The fraction of sp³-hybridized carbons (Fsp3) is 0.400. The van der Waals surface area contributed by atoms with E-state index in [2.05, 4.69) is 14.9 Å². The molecule has 21 heavy (non-hydrogen) atoms. The van der Waals surface area contributed by atoms with Crippen LogP contribution in [0.15, 0.2) is 30.5 Å². The number of carboxylic acids is 1. The predicted molar refractivity (Wildman–Crippen MR) is 80.4 cm³/mol. The third-order valence-corrected chi connectivity index (χ3v) is 3.98. The van der Waals surface area contributed by atoms with E-state index in [0.29, 0.717) is 0 Å². The van der Waals surface area contributed by atoms with Crippen LogP contribution in [0.1, 0.15) is 6.92 Å². The molecule has 0 amide bonds. The van der Waals surface area contributed by atoms with Gasteiger partial charge < -0.3 is 10.0 Å². The van der Waals surface area contributed by atoms with E-state index in [9.17, 15) is 4.79 Å². The number of benzene rings is 1. The smallest absolute Gasteiger partial charge is 0.320 e. The summed E-state index contributed by atoms with van der Waals surface area (Å²) in [4.78, 5) is 24.2. The molecule has 2 aromatic rings. The van der Waals surface area contributed by atoms with Crippen LogP contribution in [0.25, 0.3) is 11.0 Å². The van der Waals surface area contributed by atoms with Crippen LogP contribution < -0.4 is 4.90 Å². The van der Waals surface area contributed by atoms with E-state index in [1.165, 1.54) is 0 Å². The lowest BCUT2D eigenvalue weighted by molar-refractivity contribution is -0.142. The summed E-state index contributed by atoms with van der Waals surface area (Å²) >= 11 is 0. The van der Waals surface area contributed by atoms with Crippen molar-refractivity contribution in [3.8, 4) is 0 Å². The lowest BCUT2D eigenvalue weighted by atomic mass is 10.2. The van der Waals surface area contributed by atoms with Gasteiger partial charge in [-0.2, -0.15) is 0 Å². The Morgan fingerprint density at radius 3 is 2.52 bits per heavy atom. The zero-order valence-electron chi connectivity index (χ0n) is 11.9. The average Bonchev–Trinajstić information content (AvgIpc) is 2.54. The molecule has 1 aliphatic heterocycles. The molecule has 1 aliphatic rings. The molecule has 2 heterocycles. The SMILES string of the molecule is CC(C(=O)O)N1CCN(c2cnc3ccccc3n2)CC1. The summed E-state index contributed by atoms with van der Waals surface area (Å²) in [6.07, 6.45) is 1.79. The molecule has 1 atom stereocenters. The molecule has 1 fully saturated rings. The van der Waals surface area contributed by atoms with Crippen LogP contribution in [0.2, 0.25) is 0 Å². The van der Waals surface area contributed by atoms with Crippen molar-refractivity contribution in [3.63, 3.8) is 0 Å². The number of carbonyl (C=O) groups is 1. The number of carboxylic acid groups (broad SMARTS) is 1. The van der Waals surface area contributed by atoms with Crippen LogP contribution in [0, 0.1) is 0 Å². The maximum Gasteiger partial charge on any atom is 0.320 e. The fourth-order valence-electron chi connectivity index (χ4n) is 2.59. The number of piperazine rings is 1. The van der Waals surface area contributed by atoms with Gasteiger partial charge in [0.05, 0.1) is 17.2 Å². The first-order valence-electron chi connectivity index (χ1n) is 7.09. The van der Waals surface area contributed by atoms with Crippen LogP contribution in [-0.4, -0.2) is 58.2 Å². The molecule has 0 radical (unpaired) electrons. The molecule has 1 aromatic heterocycles. The maximum absolute atomic E-state index is 11.0. The highest BCUT2D eigenvalue weighted by atomic mass is 16.4. The van der Waals surface area contributed by atoms with Gasteiger partial charge >= 0.3 is 5.97 Å². The summed E-state index contributed by atoms with van der Waals surface area (Å²) in [5.74, 6) is 0.0882. The van der Waals surface area contributed by atoms with Crippen LogP contribution in [0.3, 0.4) is 0 Å². The third kappa shape index (κ3) is 2.80. The van der Waals surface area contributed by atoms with Gasteiger partial charge in [0, 0.05) is 26.2 Å². The van der Waals surface area contributed by atoms with Gasteiger partial charge in [0.15, 0.2) is 0 Å². The number of para-hydroxylation sites is 2. The van der Waals surface area contributed by atoms with Gasteiger partial charge in [-0.3, -0.25) is 14.7 Å². The van der Waals surface area contributed by atoms with Crippen LogP contribution in [-0.2, 0) is 4.79 Å². The Bertz CT molecular complexity index is 653. The quantitative estimate of drug-likeness (QED) is 0.915. The molecule has 1 N–H and O–H groups in total. The van der Waals surface area contributed by atoms with E-state index >= 15 is 0 Å². The lowest BCUT2D eigenvalue weighted by Crippen LogP contribution is -2.52. The molecule has 1 unspecified atom stereocenters. The minimum atomic E-state index is -0.769. The third-order valence-electron chi connectivity index (χ3n) is 3.98. The summed E-state index contributed by atoms with van der Waals surface area (Å²) in [5.41, 5.74) is 1.77. The van der Waals surface area contributed by atoms with E-state index in [4.69, 9.17) is 5.11 Å². The van der Waals surface area contributed by atoms with Gasteiger partial charge in [-0.15, -0.1) is 0 Å². The first-order valence-corrected chi connectivity index (χ1v) is 7.09. The highest BCUT2D eigenvalue weighted by Crippen LogP contribution is 2.17. The van der Waals surface area contributed by atoms with Crippen LogP contribution in [0.5, 0.6) is 0 Å². The second kappa shape index (κ2) is 5.65. The lowest BCUT2D eigenvalue weighted by Gasteiger charge is -2.37. The van der Waals surface area contributed by atoms with Crippen molar-refractivity contribution in [2.45, 2.75) is 13.0 Å². The summed E-state index contributed by atoms with van der Waals surface area (Å²) < 4.78 is 0. The zero-order chi connectivity index (χ0) is 14.8. The molecule has 6 heteroatoms. The number of anilines is 1. The molecule has 0 bridgehead atoms. The van der Waals surface area contributed by atoms with E-state index < -0.39 is 12.0 Å². The van der Waals surface area contributed by atoms with Crippen molar-refractivity contribution in [2.75, 3.05) is 31.1 Å². The Balaban J connectivity index is 1.72. The summed E-state index contributed by atoms with van der Waals surface area (Å²) in [5, 5.41) is 9.06. The van der Waals surface area contributed by atoms with E-state index in [1.54, 1.807) is 13.1 Å². The Kier molecular flexibility index (Phi) is 3.70. The van der Waals surface area contributed by atoms with E-state index in [-0.39, 0.29) is 0 Å². The number of rotatable bonds is 3. The number of nitrogens with zero attached hydrogens (tertiary/aromatic N) is 4. The van der Waals surface area contributed by atoms with Crippen LogP contribution >= 0.6 is 0 Å². The van der Waals surface area contributed by atoms with Gasteiger partial charge in [0.1, 0.15) is 11.9 Å². The van der Waals surface area contributed by atoms with Crippen molar-refractivity contribution < 1.29 is 9.90 Å². The number of fused-ring (bicyclic) bond motifs is 1. The Labute approximate surface area is 123 Å². The monoisotopic (exact) mass is 286 g/mol. The molecule has 1 saturated heterocycles. The Hall–Kier alpha value is -2.21.